The average molecular weight is 262 g/mol. The molecule has 2 rings (SSSR count). The van der Waals surface area contributed by atoms with Crippen LogP contribution in [0.1, 0.15) is 18.4 Å². The van der Waals surface area contributed by atoms with Crippen LogP contribution in [0.4, 0.5) is 5.69 Å². The van der Waals surface area contributed by atoms with Crippen molar-refractivity contribution in [2.45, 2.75) is 12.8 Å². The number of ether oxygens (including phenoxy) is 1. The molecule has 19 heavy (non-hydrogen) atoms. The van der Waals surface area contributed by atoms with E-state index in [1.165, 1.54) is 12.3 Å². The molecule has 2 heterocycles. The highest BCUT2D eigenvalue weighted by Gasteiger charge is 2.20. The fourth-order valence-electron chi connectivity index (χ4n) is 1.99. The molecular formula is C12H14N4O3. The van der Waals surface area contributed by atoms with E-state index in [-0.39, 0.29) is 17.1 Å². The van der Waals surface area contributed by atoms with E-state index >= 15 is 0 Å². The topological polar surface area (TPSA) is 101 Å². The van der Waals surface area contributed by atoms with Gasteiger partial charge in [-0.1, -0.05) is 0 Å². The average Bonchev–Trinajstić information content (AvgIpc) is 2.46. The van der Waals surface area contributed by atoms with Crippen LogP contribution in [0.15, 0.2) is 12.3 Å². The number of nitrogens with one attached hydrogen (secondary N) is 1. The molecule has 0 aliphatic carbocycles. The van der Waals surface area contributed by atoms with Crippen LogP contribution in [0.2, 0.25) is 0 Å². The molecule has 1 saturated heterocycles. The molecular weight excluding hydrogens is 248 g/mol. The summed E-state index contributed by atoms with van der Waals surface area (Å²) in [5.74, 6) is 0.376. The summed E-state index contributed by atoms with van der Waals surface area (Å²) >= 11 is 0. The summed E-state index contributed by atoms with van der Waals surface area (Å²) in [6, 6.07) is 3.01. The van der Waals surface area contributed by atoms with Gasteiger partial charge >= 0.3 is 5.69 Å². The van der Waals surface area contributed by atoms with Crippen LogP contribution in [0.5, 0.6) is 5.88 Å². The third kappa shape index (κ3) is 3.39. The fourth-order valence-corrected chi connectivity index (χ4v) is 1.99. The molecule has 1 fully saturated rings. The van der Waals surface area contributed by atoms with Gasteiger partial charge in [0.15, 0.2) is 0 Å². The van der Waals surface area contributed by atoms with Gasteiger partial charge in [-0.15, -0.1) is 0 Å². The predicted octanol–water partition coefficient (Wildman–Crippen LogP) is 1.24. The Morgan fingerprint density at radius 3 is 2.95 bits per heavy atom. The second-order valence-corrected chi connectivity index (χ2v) is 4.42. The SMILES string of the molecule is N#Cc1cnc(OCC2CCNCC2)c([N+](=O)[O-])c1. The van der Waals surface area contributed by atoms with Gasteiger partial charge in [0, 0.05) is 12.3 Å². The standard InChI is InChI=1S/C12H14N4O3/c13-6-10-5-11(16(17)18)12(15-7-10)19-8-9-1-3-14-4-2-9/h5,7,9,14H,1-4,8H2. The summed E-state index contributed by atoms with van der Waals surface area (Å²) in [5, 5.41) is 22.9. The predicted molar refractivity (Wildman–Crippen MR) is 66.7 cm³/mol. The Kier molecular flexibility index (Phi) is 4.26. The second-order valence-electron chi connectivity index (χ2n) is 4.42. The fraction of sp³-hybridized carbons (Fsp3) is 0.500. The molecule has 0 unspecified atom stereocenters. The smallest absolute Gasteiger partial charge is 0.332 e. The number of nitrogens with zero attached hydrogens (tertiary/aromatic N) is 3. The van der Waals surface area contributed by atoms with Crippen molar-refractivity contribution in [2.24, 2.45) is 5.92 Å². The summed E-state index contributed by atoms with van der Waals surface area (Å²) < 4.78 is 5.45. The van der Waals surface area contributed by atoms with Crippen LogP contribution in [-0.4, -0.2) is 29.6 Å². The normalized spacial score (nSPS) is 15.7. The highest BCUT2D eigenvalue weighted by atomic mass is 16.6. The van der Waals surface area contributed by atoms with Crippen molar-refractivity contribution in [2.75, 3.05) is 19.7 Å². The Morgan fingerprint density at radius 2 is 2.32 bits per heavy atom. The van der Waals surface area contributed by atoms with Crippen LogP contribution in [0, 0.1) is 27.4 Å². The molecule has 0 spiro atoms. The van der Waals surface area contributed by atoms with Crippen LogP contribution in [-0.2, 0) is 0 Å². The zero-order valence-electron chi connectivity index (χ0n) is 10.3. The lowest BCUT2D eigenvalue weighted by molar-refractivity contribution is -0.386. The van der Waals surface area contributed by atoms with Crippen molar-refractivity contribution in [3.05, 3.63) is 27.9 Å². The molecule has 0 atom stereocenters. The van der Waals surface area contributed by atoms with Crippen molar-refractivity contribution < 1.29 is 9.66 Å². The van der Waals surface area contributed by atoms with Crippen LogP contribution >= 0.6 is 0 Å². The number of rotatable bonds is 4. The van der Waals surface area contributed by atoms with Gasteiger partial charge in [0.2, 0.25) is 0 Å². The molecule has 1 aromatic rings. The van der Waals surface area contributed by atoms with E-state index in [2.05, 4.69) is 10.3 Å². The van der Waals surface area contributed by atoms with Crippen molar-refractivity contribution in [3.8, 4) is 11.9 Å². The molecule has 0 amide bonds. The van der Waals surface area contributed by atoms with Crippen molar-refractivity contribution in [3.63, 3.8) is 0 Å². The number of pyridine rings is 1. The second kappa shape index (κ2) is 6.11. The van der Waals surface area contributed by atoms with Crippen molar-refractivity contribution >= 4 is 5.69 Å². The molecule has 0 saturated carbocycles. The van der Waals surface area contributed by atoms with Gasteiger partial charge in [-0.25, -0.2) is 4.98 Å². The summed E-state index contributed by atoms with van der Waals surface area (Å²) in [6.07, 6.45) is 3.26. The van der Waals surface area contributed by atoms with E-state index < -0.39 is 4.92 Å². The monoisotopic (exact) mass is 262 g/mol. The molecule has 7 heteroatoms. The van der Waals surface area contributed by atoms with E-state index in [0.29, 0.717) is 12.5 Å². The molecule has 1 N–H and O–H groups in total. The number of nitro groups is 1. The Morgan fingerprint density at radius 1 is 1.58 bits per heavy atom. The minimum atomic E-state index is -0.578. The van der Waals surface area contributed by atoms with Crippen LogP contribution < -0.4 is 10.1 Å². The highest BCUT2D eigenvalue weighted by Crippen LogP contribution is 2.26. The summed E-state index contributed by atoms with van der Waals surface area (Å²) in [5.41, 5.74) is -0.103. The molecule has 0 bridgehead atoms. The zero-order chi connectivity index (χ0) is 13.7. The maximum Gasteiger partial charge on any atom is 0.332 e. The lowest BCUT2D eigenvalue weighted by Crippen LogP contribution is -2.30. The largest absolute Gasteiger partial charge is 0.473 e. The summed E-state index contributed by atoms with van der Waals surface area (Å²) in [6.45, 7) is 2.30. The Bertz CT molecular complexity index is 506. The van der Waals surface area contributed by atoms with E-state index in [9.17, 15) is 10.1 Å². The quantitative estimate of drug-likeness (QED) is 0.647. The van der Waals surface area contributed by atoms with Gasteiger partial charge in [-0.05, 0) is 31.8 Å². The lowest BCUT2D eigenvalue weighted by Gasteiger charge is -2.22. The molecule has 1 aliphatic rings. The number of hydrogen-bond acceptors (Lipinski definition) is 6. The third-order valence-corrected chi connectivity index (χ3v) is 3.07. The Labute approximate surface area is 110 Å². The highest BCUT2D eigenvalue weighted by molar-refractivity contribution is 5.46. The van der Waals surface area contributed by atoms with E-state index in [4.69, 9.17) is 10.00 Å². The van der Waals surface area contributed by atoms with Gasteiger partial charge in [-0.2, -0.15) is 5.26 Å². The number of nitriles is 1. The number of hydrogen-bond donors (Lipinski definition) is 1. The molecule has 100 valence electrons. The molecule has 0 radical (unpaired) electrons. The summed E-state index contributed by atoms with van der Waals surface area (Å²) in [4.78, 5) is 14.2. The van der Waals surface area contributed by atoms with Gasteiger partial charge < -0.3 is 10.1 Å². The van der Waals surface area contributed by atoms with E-state index in [1.807, 2.05) is 6.07 Å². The van der Waals surface area contributed by atoms with Crippen molar-refractivity contribution in [1.29, 1.82) is 5.26 Å². The van der Waals surface area contributed by atoms with Crippen molar-refractivity contribution in [1.82, 2.24) is 10.3 Å². The first-order valence-electron chi connectivity index (χ1n) is 6.08. The number of aromatic nitrogens is 1. The lowest BCUT2D eigenvalue weighted by atomic mass is 9.99. The van der Waals surface area contributed by atoms with Gasteiger partial charge in [0.25, 0.3) is 5.88 Å². The first-order valence-corrected chi connectivity index (χ1v) is 6.08. The minimum absolute atomic E-state index is 0.0115. The molecule has 1 aliphatic heterocycles. The van der Waals surface area contributed by atoms with Crippen LogP contribution in [0.25, 0.3) is 0 Å². The first-order chi connectivity index (χ1) is 9.20. The van der Waals surface area contributed by atoms with Gasteiger partial charge in [0.05, 0.1) is 17.1 Å². The molecule has 0 aromatic carbocycles. The van der Waals surface area contributed by atoms with Gasteiger partial charge in [-0.3, -0.25) is 10.1 Å². The maximum atomic E-state index is 10.9. The van der Waals surface area contributed by atoms with E-state index in [1.54, 1.807) is 0 Å². The molecule has 1 aromatic heterocycles. The maximum absolute atomic E-state index is 10.9. The van der Waals surface area contributed by atoms with Gasteiger partial charge in [0.1, 0.15) is 6.07 Å². The number of piperidine rings is 1. The Hall–Kier alpha value is -2.20. The van der Waals surface area contributed by atoms with Crippen LogP contribution in [0.3, 0.4) is 0 Å². The summed E-state index contributed by atoms with van der Waals surface area (Å²) in [7, 11) is 0. The molecule has 7 nitrogen and oxygen atoms in total. The third-order valence-electron chi connectivity index (χ3n) is 3.07. The Balaban J connectivity index is 2.06. The van der Waals surface area contributed by atoms with E-state index in [0.717, 1.165) is 25.9 Å². The minimum Gasteiger partial charge on any atom is -0.473 e. The zero-order valence-corrected chi connectivity index (χ0v) is 10.3. The first kappa shape index (κ1) is 13.2.